The van der Waals surface area contributed by atoms with Crippen LogP contribution in [0.4, 0.5) is 10.8 Å². The molecule has 2 aliphatic rings. The fourth-order valence-electron chi connectivity index (χ4n) is 5.05. The maximum Gasteiger partial charge on any atom is 0.408 e. The van der Waals surface area contributed by atoms with Crippen molar-refractivity contribution in [3.8, 4) is 10.6 Å². The van der Waals surface area contributed by atoms with Gasteiger partial charge < -0.3 is 14.4 Å². The van der Waals surface area contributed by atoms with Crippen molar-refractivity contribution in [1.82, 2.24) is 14.9 Å². The van der Waals surface area contributed by atoms with Gasteiger partial charge in [-0.15, -0.1) is 11.3 Å². The van der Waals surface area contributed by atoms with Gasteiger partial charge in [-0.05, 0) is 30.4 Å². The summed E-state index contributed by atoms with van der Waals surface area (Å²) in [6.07, 6.45) is 2.58. The number of nitrogens with zero attached hydrogens (tertiary/aromatic N) is 4. The van der Waals surface area contributed by atoms with E-state index in [1.807, 2.05) is 17.5 Å². The fourth-order valence-corrected chi connectivity index (χ4v) is 5.90. The Morgan fingerprint density at radius 1 is 1.40 bits per heavy atom. The molecule has 158 valence electrons. The molecule has 2 aromatic heterocycles. The second kappa shape index (κ2) is 6.59. The second-order valence-electron chi connectivity index (χ2n) is 9.11. The first kappa shape index (κ1) is 19.6. The smallest absolute Gasteiger partial charge is 0.408 e. The van der Waals surface area contributed by atoms with E-state index in [-0.39, 0.29) is 11.5 Å². The minimum Gasteiger partial charge on any atom is -0.465 e. The number of fused-ring (bicyclic) bond motifs is 3. The summed E-state index contributed by atoms with van der Waals surface area (Å²) in [6.45, 7) is 7.42. The molecule has 0 spiro atoms. The number of carbonyl (C=O) groups is 1. The van der Waals surface area contributed by atoms with Gasteiger partial charge in [0.2, 0.25) is 0 Å². The topological polar surface area (TPSA) is 82.7 Å². The molecule has 2 unspecified atom stereocenters. The Bertz CT molecular complexity index is 1120. The summed E-state index contributed by atoms with van der Waals surface area (Å²) in [7, 11) is 0. The van der Waals surface area contributed by atoms with Crippen LogP contribution in [-0.4, -0.2) is 50.7 Å². The minimum absolute atomic E-state index is 0.0839. The maximum absolute atomic E-state index is 12.1. The summed E-state index contributed by atoms with van der Waals surface area (Å²) in [4.78, 5) is 25.0. The van der Waals surface area contributed by atoms with Crippen LogP contribution in [-0.2, 0) is 0 Å². The number of halogens is 1. The van der Waals surface area contributed by atoms with Gasteiger partial charge in [-0.1, -0.05) is 32.4 Å². The summed E-state index contributed by atoms with van der Waals surface area (Å²) in [5.41, 5.74) is 1.36. The van der Waals surface area contributed by atoms with Crippen molar-refractivity contribution < 1.29 is 14.3 Å². The highest BCUT2D eigenvalue weighted by atomic mass is 35.5. The lowest BCUT2D eigenvalue weighted by Gasteiger charge is -2.53. The predicted molar refractivity (Wildman–Crippen MR) is 117 cm³/mol. The van der Waals surface area contributed by atoms with E-state index in [0.29, 0.717) is 35.2 Å². The van der Waals surface area contributed by atoms with Crippen LogP contribution in [0, 0.1) is 5.41 Å². The molecule has 0 aliphatic carbocycles. The van der Waals surface area contributed by atoms with Gasteiger partial charge in [0.15, 0.2) is 5.58 Å². The van der Waals surface area contributed by atoms with Crippen molar-refractivity contribution in [1.29, 1.82) is 0 Å². The highest BCUT2D eigenvalue weighted by Gasteiger charge is 2.59. The van der Waals surface area contributed by atoms with Crippen molar-refractivity contribution in [3.63, 3.8) is 0 Å². The van der Waals surface area contributed by atoms with E-state index in [9.17, 15) is 9.90 Å². The van der Waals surface area contributed by atoms with Crippen LogP contribution in [0.2, 0.25) is 5.02 Å². The van der Waals surface area contributed by atoms with Gasteiger partial charge in [-0.25, -0.2) is 9.78 Å². The number of benzene rings is 1. The Balaban J connectivity index is 1.59. The number of thiazole rings is 1. The van der Waals surface area contributed by atoms with Crippen LogP contribution < -0.4 is 4.90 Å². The molecule has 30 heavy (non-hydrogen) atoms. The Kier molecular flexibility index (Phi) is 4.31. The zero-order valence-corrected chi connectivity index (χ0v) is 18.6. The molecular weight excluding hydrogens is 424 g/mol. The minimum atomic E-state index is -0.848. The molecule has 1 amide bonds. The van der Waals surface area contributed by atoms with Crippen molar-refractivity contribution in [2.75, 3.05) is 18.0 Å². The lowest BCUT2D eigenvalue weighted by Crippen LogP contribution is -2.68. The number of anilines is 1. The van der Waals surface area contributed by atoms with E-state index in [1.165, 1.54) is 11.3 Å². The van der Waals surface area contributed by atoms with Crippen molar-refractivity contribution in [2.45, 2.75) is 45.2 Å². The highest BCUT2D eigenvalue weighted by molar-refractivity contribution is 7.13. The van der Waals surface area contributed by atoms with Crippen LogP contribution in [0.3, 0.4) is 0 Å². The average molecular weight is 447 g/mol. The Morgan fingerprint density at radius 3 is 2.87 bits per heavy atom. The Hall–Kier alpha value is -2.32. The summed E-state index contributed by atoms with van der Waals surface area (Å²) >= 11 is 7.96. The molecule has 1 aromatic carbocycles. The number of amides is 1. The number of piperazine rings is 1. The molecule has 9 heteroatoms. The van der Waals surface area contributed by atoms with Gasteiger partial charge in [0, 0.05) is 24.7 Å². The molecule has 4 heterocycles. The fraction of sp³-hybridized carbons (Fsp3) is 0.476. The first-order valence-electron chi connectivity index (χ1n) is 9.97. The van der Waals surface area contributed by atoms with Crippen LogP contribution >= 0.6 is 22.9 Å². The van der Waals surface area contributed by atoms with Gasteiger partial charge in [0.05, 0.1) is 22.2 Å². The molecular formula is C21H23ClN4O3S. The normalized spacial score (nSPS) is 24.1. The van der Waals surface area contributed by atoms with Crippen molar-refractivity contribution >= 4 is 46.1 Å². The van der Waals surface area contributed by atoms with Gasteiger partial charge in [-0.3, -0.25) is 4.90 Å². The Morgan fingerprint density at radius 2 is 2.20 bits per heavy atom. The SMILES string of the molecule is CC(C)(C)C12CCC(CN(c3nc4c(Cl)ccc(-c5nccs5)c4o3)C1)N2C(=O)O. The molecule has 0 saturated carbocycles. The zero-order valence-electron chi connectivity index (χ0n) is 17.1. The molecule has 2 bridgehead atoms. The van der Waals surface area contributed by atoms with Crippen molar-refractivity contribution in [2.24, 2.45) is 5.41 Å². The van der Waals surface area contributed by atoms with Gasteiger partial charge in [0.25, 0.3) is 6.01 Å². The van der Waals surface area contributed by atoms with Gasteiger partial charge in [-0.2, -0.15) is 4.98 Å². The number of hydrogen-bond acceptors (Lipinski definition) is 6. The first-order valence-corrected chi connectivity index (χ1v) is 11.2. The summed E-state index contributed by atoms with van der Waals surface area (Å²) < 4.78 is 6.25. The third-order valence-corrected chi connectivity index (χ3v) is 7.73. The molecule has 0 radical (unpaired) electrons. The zero-order chi connectivity index (χ0) is 21.3. The molecule has 3 aromatic rings. The Labute approximate surface area is 183 Å². The lowest BCUT2D eigenvalue weighted by molar-refractivity contribution is 0.00435. The monoisotopic (exact) mass is 446 g/mol. The quantitative estimate of drug-likeness (QED) is 0.571. The second-order valence-corrected chi connectivity index (χ2v) is 10.4. The molecule has 1 N–H and O–H groups in total. The molecule has 2 aliphatic heterocycles. The lowest BCUT2D eigenvalue weighted by atomic mass is 9.71. The van der Waals surface area contributed by atoms with E-state index in [1.54, 1.807) is 11.1 Å². The highest BCUT2D eigenvalue weighted by Crippen LogP contribution is 2.50. The molecule has 2 fully saturated rings. The molecule has 7 nitrogen and oxygen atoms in total. The first-order chi connectivity index (χ1) is 14.2. The number of aromatic nitrogens is 2. The molecule has 2 saturated heterocycles. The van der Waals surface area contributed by atoms with Gasteiger partial charge in [0.1, 0.15) is 10.5 Å². The molecule has 5 rings (SSSR count). The van der Waals surface area contributed by atoms with Crippen LogP contribution in [0.25, 0.3) is 21.7 Å². The summed E-state index contributed by atoms with van der Waals surface area (Å²) in [5, 5.41) is 13.2. The standard InChI is InChI=1S/C21H23ClN4O3S/c1-20(2,3)21-7-6-12(26(21)19(27)28)10-25(11-21)18-24-15-14(22)5-4-13(16(15)29-18)17-23-8-9-30-17/h4-5,8-9,12H,6-7,10-11H2,1-3H3,(H,27,28). The van der Waals surface area contributed by atoms with Crippen molar-refractivity contribution in [3.05, 3.63) is 28.7 Å². The number of rotatable bonds is 2. The predicted octanol–water partition coefficient (Wildman–Crippen LogP) is 5.35. The van der Waals surface area contributed by atoms with Gasteiger partial charge >= 0.3 is 6.09 Å². The van der Waals surface area contributed by atoms with E-state index in [4.69, 9.17) is 21.0 Å². The number of carboxylic acid groups (broad SMARTS) is 1. The third kappa shape index (κ3) is 2.73. The number of hydrogen-bond donors (Lipinski definition) is 1. The maximum atomic E-state index is 12.1. The van der Waals surface area contributed by atoms with E-state index in [2.05, 4.69) is 30.7 Å². The summed E-state index contributed by atoms with van der Waals surface area (Å²) in [6, 6.07) is 4.12. The van der Waals surface area contributed by atoms with E-state index < -0.39 is 11.6 Å². The molecule has 2 atom stereocenters. The average Bonchev–Trinajstić information content (AvgIpc) is 3.39. The third-order valence-electron chi connectivity index (χ3n) is 6.62. The van der Waals surface area contributed by atoms with Crippen LogP contribution in [0.15, 0.2) is 28.1 Å². The number of oxazole rings is 1. The van der Waals surface area contributed by atoms with E-state index in [0.717, 1.165) is 23.4 Å². The summed E-state index contributed by atoms with van der Waals surface area (Å²) in [5.74, 6) is 0. The van der Waals surface area contributed by atoms with Crippen LogP contribution in [0.5, 0.6) is 0 Å². The van der Waals surface area contributed by atoms with Crippen LogP contribution in [0.1, 0.15) is 33.6 Å². The van der Waals surface area contributed by atoms with E-state index >= 15 is 0 Å². The largest absolute Gasteiger partial charge is 0.465 e.